The highest BCUT2D eigenvalue weighted by atomic mass is 79.9. The van der Waals surface area contributed by atoms with Crippen LogP contribution in [0.4, 0.5) is 5.13 Å². The van der Waals surface area contributed by atoms with Gasteiger partial charge in [0.25, 0.3) is 5.91 Å². The molecule has 0 unspecified atom stereocenters. The minimum absolute atomic E-state index is 0. The standard InChI is InChI=1S/C20H22BrN3OS.ClH/c1-13-11-17-18(12-14(13)2)26-20(22-17)24(10-9-23(3)4)19(25)15-5-7-16(21)8-6-15;/h5-8,11-12H,9-10H2,1-4H3;1H. The maximum absolute atomic E-state index is 13.1. The Morgan fingerprint density at radius 2 is 1.70 bits per heavy atom. The highest BCUT2D eigenvalue weighted by molar-refractivity contribution is 9.10. The van der Waals surface area contributed by atoms with Crippen LogP contribution in [0.15, 0.2) is 40.9 Å². The van der Waals surface area contributed by atoms with E-state index in [0.29, 0.717) is 12.1 Å². The Kier molecular flexibility index (Phi) is 7.40. The van der Waals surface area contributed by atoms with Gasteiger partial charge in [0.1, 0.15) is 0 Å². The third kappa shape index (κ3) is 5.08. The Hall–Kier alpha value is -1.47. The van der Waals surface area contributed by atoms with Gasteiger partial charge in [-0.1, -0.05) is 27.3 Å². The van der Waals surface area contributed by atoms with Crippen LogP contribution in [0.1, 0.15) is 21.5 Å². The number of aromatic nitrogens is 1. The predicted octanol–water partition coefficient (Wildman–Crippen LogP) is 5.31. The fraction of sp³-hybridized carbons (Fsp3) is 0.300. The summed E-state index contributed by atoms with van der Waals surface area (Å²) in [5.74, 6) is -0.0214. The van der Waals surface area contributed by atoms with Gasteiger partial charge in [-0.2, -0.15) is 0 Å². The molecule has 3 aromatic rings. The zero-order chi connectivity index (χ0) is 18.8. The highest BCUT2D eigenvalue weighted by Crippen LogP contribution is 2.31. The summed E-state index contributed by atoms with van der Waals surface area (Å²) in [6.45, 7) is 5.56. The van der Waals surface area contributed by atoms with Crippen LogP contribution >= 0.6 is 39.7 Å². The van der Waals surface area contributed by atoms with E-state index in [0.717, 1.165) is 26.4 Å². The van der Waals surface area contributed by atoms with Crippen LogP contribution < -0.4 is 4.90 Å². The van der Waals surface area contributed by atoms with Crippen LogP contribution in [0.3, 0.4) is 0 Å². The molecule has 3 rings (SSSR count). The zero-order valence-electron chi connectivity index (χ0n) is 15.8. The molecule has 0 saturated heterocycles. The van der Waals surface area contributed by atoms with Gasteiger partial charge in [0.2, 0.25) is 0 Å². The summed E-state index contributed by atoms with van der Waals surface area (Å²) in [6, 6.07) is 11.7. The lowest BCUT2D eigenvalue weighted by Crippen LogP contribution is -2.36. The molecule has 0 spiro atoms. The lowest BCUT2D eigenvalue weighted by Gasteiger charge is -2.22. The molecule has 0 aliphatic heterocycles. The van der Waals surface area contributed by atoms with Crippen molar-refractivity contribution in [1.82, 2.24) is 9.88 Å². The Bertz CT molecular complexity index is 901. The first-order valence-corrected chi connectivity index (χ1v) is 10.1. The molecule has 1 amide bonds. The molecule has 27 heavy (non-hydrogen) atoms. The van der Waals surface area contributed by atoms with Crippen LogP contribution in [0.25, 0.3) is 10.2 Å². The summed E-state index contributed by atoms with van der Waals surface area (Å²) in [6.07, 6.45) is 0. The number of hydrogen-bond acceptors (Lipinski definition) is 4. The molecule has 4 nitrogen and oxygen atoms in total. The summed E-state index contributed by atoms with van der Waals surface area (Å²) >= 11 is 4.99. The van der Waals surface area contributed by atoms with Gasteiger partial charge in [-0.15, -0.1) is 12.4 Å². The molecule has 0 atom stereocenters. The van der Waals surface area contributed by atoms with Gasteiger partial charge in [0.15, 0.2) is 5.13 Å². The predicted molar refractivity (Wildman–Crippen MR) is 121 cm³/mol. The average Bonchev–Trinajstić information content (AvgIpc) is 2.98. The Morgan fingerprint density at radius 1 is 1.07 bits per heavy atom. The van der Waals surface area contributed by atoms with E-state index in [1.165, 1.54) is 11.1 Å². The summed E-state index contributed by atoms with van der Waals surface area (Å²) in [7, 11) is 4.01. The molecule has 0 aliphatic carbocycles. The SMILES string of the molecule is Cc1cc2nc(N(CCN(C)C)C(=O)c3ccc(Br)cc3)sc2cc1C.Cl. The third-order valence-electron chi connectivity index (χ3n) is 4.33. The van der Waals surface area contributed by atoms with E-state index in [4.69, 9.17) is 4.98 Å². The Balaban J connectivity index is 0.00000261. The van der Waals surface area contributed by atoms with E-state index < -0.39 is 0 Å². The number of halogens is 2. The number of anilines is 1. The Labute approximate surface area is 178 Å². The second kappa shape index (κ2) is 9.15. The van der Waals surface area contributed by atoms with Crippen molar-refractivity contribution in [3.8, 4) is 0 Å². The molecule has 1 heterocycles. The van der Waals surface area contributed by atoms with Gasteiger partial charge in [-0.3, -0.25) is 9.69 Å². The maximum atomic E-state index is 13.1. The number of carbonyl (C=O) groups is 1. The second-order valence-electron chi connectivity index (χ2n) is 6.67. The molecule has 1 aromatic heterocycles. The number of thiazole rings is 1. The number of fused-ring (bicyclic) bond motifs is 1. The molecule has 0 fully saturated rings. The summed E-state index contributed by atoms with van der Waals surface area (Å²) in [4.78, 5) is 21.8. The van der Waals surface area contributed by atoms with Crippen molar-refractivity contribution < 1.29 is 4.79 Å². The second-order valence-corrected chi connectivity index (χ2v) is 8.59. The number of aryl methyl sites for hydroxylation is 2. The smallest absolute Gasteiger partial charge is 0.260 e. The molecular weight excluding hydrogens is 446 g/mol. The first-order chi connectivity index (χ1) is 12.3. The normalized spacial score (nSPS) is 10.9. The fourth-order valence-corrected chi connectivity index (χ4v) is 3.95. The van der Waals surface area contributed by atoms with Gasteiger partial charge in [0.05, 0.1) is 10.2 Å². The van der Waals surface area contributed by atoms with Gasteiger partial charge < -0.3 is 4.90 Å². The molecular formula is C20H23BrClN3OS. The Morgan fingerprint density at radius 3 is 2.33 bits per heavy atom. The van der Waals surface area contributed by atoms with Crippen molar-refractivity contribution in [2.24, 2.45) is 0 Å². The van der Waals surface area contributed by atoms with Gasteiger partial charge >= 0.3 is 0 Å². The molecule has 7 heteroatoms. The van der Waals surface area contributed by atoms with E-state index >= 15 is 0 Å². The number of benzene rings is 2. The molecule has 0 aliphatic rings. The molecule has 0 N–H and O–H groups in total. The van der Waals surface area contributed by atoms with Crippen molar-refractivity contribution >= 4 is 60.9 Å². The van der Waals surface area contributed by atoms with Crippen LogP contribution in [0.2, 0.25) is 0 Å². The number of nitrogens with zero attached hydrogens (tertiary/aromatic N) is 3. The topological polar surface area (TPSA) is 36.4 Å². The summed E-state index contributed by atoms with van der Waals surface area (Å²) < 4.78 is 2.07. The molecule has 0 radical (unpaired) electrons. The molecule has 0 saturated carbocycles. The number of likely N-dealkylation sites (N-methyl/N-ethyl adjacent to an activating group) is 1. The minimum atomic E-state index is -0.0214. The van der Waals surface area contributed by atoms with E-state index in [9.17, 15) is 4.79 Å². The first-order valence-electron chi connectivity index (χ1n) is 8.45. The van der Waals surface area contributed by atoms with Crippen LogP contribution in [0, 0.1) is 13.8 Å². The maximum Gasteiger partial charge on any atom is 0.260 e. The van der Waals surface area contributed by atoms with Gasteiger partial charge in [-0.05, 0) is 75.5 Å². The van der Waals surface area contributed by atoms with Crippen LogP contribution in [0.5, 0.6) is 0 Å². The monoisotopic (exact) mass is 467 g/mol. The van der Waals surface area contributed by atoms with Crippen molar-refractivity contribution in [1.29, 1.82) is 0 Å². The van der Waals surface area contributed by atoms with Crippen molar-refractivity contribution in [2.75, 3.05) is 32.1 Å². The van der Waals surface area contributed by atoms with Crippen LogP contribution in [-0.2, 0) is 0 Å². The van der Waals surface area contributed by atoms with Crippen LogP contribution in [-0.4, -0.2) is 43.0 Å². The van der Waals surface area contributed by atoms with Gasteiger partial charge in [-0.25, -0.2) is 4.98 Å². The minimum Gasteiger partial charge on any atom is -0.308 e. The number of hydrogen-bond donors (Lipinski definition) is 0. The summed E-state index contributed by atoms with van der Waals surface area (Å²) in [5, 5.41) is 0.750. The van der Waals surface area contributed by atoms with E-state index in [-0.39, 0.29) is 18.3 Å². The third-order valence-corrected chi connectivity index (χ3v) is 5.90. The number of carbonyl (C=O) groups excluding carboxylic acids is 1. The lowest BCUT2D eigenvalue weighted by atomic mass is 10.1. The molecule has 144 valence electrons. The summed E-state index contributed by atoms with van der Waals surface area (Å²) in [5.41, 5.74) is 4.07. The molecule has 0 bridgehead atoms. The van der Waals surface area contributed by atoms with E-state index in [1.54, 1.807) is 16.2 Å². The lowest BCUT2D eigenvalue weighted by molar-refractivity contribution is 0.0985. The van der Waals surface area contributed by atoms with Crippen molar-refractivity contribution in [3.63, 3.8) is 0 Å². The average molecular weight is 469 g/mol. The van der Waals surface area contributed by atoms with Gasteiger partial charge in [0, 0.05) is 23.1 Å². The largest absolute Gasteiger partial charge is 0.308 e. The fourth-order valence-electron chi connectivity index (χ4n) is 2.62. The van der Waals surface area contributed by atoms with Crippen molar-refractivity contribution in [3.05, 3.63) is 57.6 Å². The number of amides is 1. The van der Waals surface area contributed by atoms with E-state index in [2.05, 4.69) is 46.8 Å². The quantitative estimate of drug-likeness (QED) is 0.509. The highest BCUT2D eigenvalue weighted by Gasteiger charge is 2.21. The molecule has 2 aromatic carbocycles. The zero-order valence-corrected chi connectivity index (χ0v) is 19.0. The first kappa shape index (κ1) is 21.8. The number of rotatable bonds is 5. The van der Waals surface area contributed by atoms with Crippen molar-refractivity contribution in [2.45, 2.75) is 13.8 Å². The van der Waals surface area contributed by atoms with E-state index in [1.807, 2.05) is 38.4 Å².